The van der Waals surface area contributed by atoms with Gasteiger partial charge in [-0.2, -0.15) is 4.31 Å². The summed E-state index contributed by atoms with van der Waals surface area (Å²) in [5.74, 6) is -1.24. The predicted octanol–water partition coefficient (Wildman–Crippen LogP) is 5.05. The summed E-state index contributed by atoms with van der Waals surface area (Å²) in [7, 11) is -6.46. The lowest BCUT2D eigenvalue weighted by atomic mass is 10.0. The summed E-state index contributed by atoms with van der Waals surface area (Å²) in [5, 5.41) is 10.2. The number of ether oxygens (including phenoxy) is 2. The smallest absolute Gasteiger partial charge is 0.261 e. The van der Waals surface area contributed by atoms with Crippen LogP contribution in [0.5, 0.6) is 5.75 Å². The van der Waals surface area contributed by atoms with E-state index >= 15 is 0 Å². The molecule has 4 atom stereocenters. The number of hydrogen-bond acceptors (Lipinski definition) is 8. The van der Waals surface area contributed by atoms with E-state index in [2.05, 4.69) is 4.72 Å². The van der Waals surface area contributed by atoms with E-state index in [-0.39, 0.29) is 58.5 Å². The zero-order chi connectivity index (χ0) is 35.9. The highest BCUT2D eigenvalue weighted by atomic mass is 32.2. The van der Waals surface area contributed by atoms with Gasteiger partial charge in [-0.3, -0.25) is 9.52 Å². The highest BCUT2D eigenvalue weighted by molar-refractivity contribution is 7.92. The van der Waals surface area contributed by atoms with Crippen molar-refractivity contribution < 1.29 is 40.6 Å². The molecule has 0 unspecified atom stereocenters. The first kappa shape index (κ1) is 38.2. The number of benzene rings is 3. The summed E-state index contributed by atoms with van der Waals surface area (Å²) in [6.07, 6.45) is 1.16. The molecule has 1 heterocycles. The fraction of sp³-hybridized carbons (Fsp3) is 0.457. The predicted molar refractivity (Wildman–Crippen MR) is 185 cm³/mol. The van der Waals surface area contributed by atoms with E-state index in [0.717, 1.165) is 36.2 Å². The van der Waals surface area contributed by atoms with Crippen LogP contribution in [-0.2, 0) is 24.8 Å². The number of nitrogens with zero attached hydrogens (tertiary/aromatic N) is 2. The number of aliphatic hydroxyl groups excluding tert-OH is 1. The topological polar surface area (TPSA) is 143 Å². The van der Waals surface area contributed by atoms with Crippen LogP contribution in [0.3, 0.4) is 0 Å². The number of rotatable bonds is 9. The molecule has 14 heteroatoms. The summed E-state index contributed by atoms with van der Waals surface area (Å²) in [6.45, 7) is 7.41. The molecule has 0 saturated carbocycles. The van der Waals surface area contributed by atoms with Crippen molar-refractivity contribution >= 4 is 31.6 Å². The largest absolute Gasteiger partial charge is 0.490 e. The number of amides is 1. The van der Waals surface area contributed by atoms with Gasteiger partial charge in [-0.25, -0.2) is 21.2 Å². The number of fused-ring (bicyclic) bond motifs is 1. The van der Waals surface area contributed by atoms with E-state index in [4.69, 9.17) is 9.47 Å². The quantitative estimate of drug-likeness (QED) is 0.313. The van der Waals surface area contributed by atoms with E-state index < -0.39 is 43.9 Å². The Hall–Kier alpha value is -3.56. The molecule has 4 rings (SSSR count). The molecule has 0 fully saturated rings. The molecule has 1 amide bonds. The van der Waals surface area contributed by atoms with Crippen LogP contribution in [-0.4, -0.2) is 88.7 Å². The van der Waals surface area contributed by atoms with Gasteiger partial charge in [-0.05, 0) is 94.6 Å². The minimum atomic E-state index is -4.12. The third kappa shape index (κ3) is 9.79. The average Bonchev–Trinajstić information content (AvgIpc) is 3.06. The Bertz CT molecular complexity index is 1790. The van der Waals surface area contributed by atoms with Gasteiger partial charge in [-0.15, -0.1) is 0 Å². The lowest BCUT2D eigenvalue weighted by Gasteiger charge is -2.35. The number of carbonyl (C=O) groups excluding carboxylic acids is 1. The van der Waals surface area contributed by atoms with Crippen molar-refractivity contribution in [1.29, 1.82) is 0 Å². The first-order chi connectivity index (χ1) is 23.1. The molecule has 11 nitrogen and oxygen atoms in total. The molecule has 0 aliphatic carbocycles. The average molecular weight is 720 g/mol. The normalized spacial score (nSPS) is 20.6. The summed E-state index contributed by atoms with van der Waals surface area (Å²) >= 11 is 0. The molecule has 2 N–H and O–H groups in total. The molecular formula is C35H46FN3O8S2. The Balaban J connectivity index is 1.67. The Kier molecular flexibility index (Phi) is 12.8. The number of aryl methyl sites for hydroxylation is 1. The van der Waals surface area contributed by atoms with Crippen molar-refractivity contribution in [2.45, 2.75) is 75.0 Å². The van der Waals surface area contributed by atoms with Gasteiger partial charge in [0.05, 0.1) is 40.2 Å². The maximum absolute atomic E-state index is 14.4. The number of nitrogens with one attached hydrogen (secondary N) is 1. The third-order valence-electron chi connectivity index (χ3n) is 8.59. The first-order valence-electron chi connectivity index (χ1n) is 16.3. The van der Waals surface area contributed by atoms with Crippen LogP contribution >= 0.6 is 0 Å². The molecule has 49 heavy (non-hydrogen) atoms. The second-order valence-corrected chi connectivity index (χ2v) is 16.4. The lowest BCUT2D eigenvalue weighted by molar-refractivity contribution is -0.00833. The monoisotopic (exact) mass is 719 g/mol. The van der Waals surface area contributed by atoms with E-state index in [1.807, 2.05) is 20.8 Å². The summed E-state index contributed by atoms with van der Waals surface area (Å²) < 4.78 is 82.8. The number of sulfonamides is 2. The van der Waals surface area contributed by atoms with Crippen LogP contribution in [0.1, 0.15) is 56.0 Å². The highest BCUT2D eigenvalue weighted by Crippen LogP contribution is 2.30. The molecule has 0 saturated heterocycles. The van der Waals surface area contributed by atoms with E-state index in [1.54, 1.807) is 31.2 Å². The molecular weight excluding hydrogens is 674 g/mol. The van der Waals surface area contributed by atoms with Gasteiger partial charge in [0.2, 0.25) is 10.0 Å². The Morgan fingerprint density at radius 3 is 2.31 bits per heavy atom. The summed E-state index contributed by atoms with van der Waals surface area (Å²) in [5.41, 5.74) is 1.10. The number of anilines is 1. The van der Waals surface area contributed by atoms with Crippen molar-refractivity contribution in [1.82, 2.24) is 9.21 Å². The fourth-order valence-electron chi connectivity index (χ4n) is 5.52. The van der Waals surface area contributed by atoms with Crippen LogP contribution in [0, 0.1) is 18.7 Å². The molecule has 0 radical (unpaired) electrons. The van der Waals surface area contributed by atoms with Gasteiger partial charge in [-0.1, -0.05) is 24.6 Å². The van der Waals surface area contributed by atoms with Gasteiger partial charge >= 0.3 is 0 Å². The van der Waals surface area contributed by atoms with E-state index in [1.165, 1.54) is 34.5 Å². The number of aliphatic hydroxyl groups is 1. The lowest BCUT2D eigenvalue weighted by Crippen LogP contribution is -2.48. The number of likely N-dealkylation sites (N-methyl/N-ethyl adjacent to an activating group) is 1. The molecule has 268 valence electrons. The van der Waals surface area contributed by atoms with Crippen molar-refractivity contribution in [2.24, 2.45) is 5.92 Å². The molecule has 3 aromatic rings. The van der Waals surface area contributed by atoms with Gasteiger partial charge in [0.25, 0.3) is 15.9 Å². The molecule has 1 aliphatic rings. The van der Waals surface area contributed by atoms with Crippen LogP contribution < -0.4 is 9.46 Å². The standard InChI is InChI=1S/C35H46FN3O8S2/c1-24-9-14-31(15-10-24)49(44,45)38(5)22-34-25(2)21-39(26(3)23-40)35(41)32-20-29(37-48(42,43)30-16-11-28(36)12-17-30)13-18-33(32)47-27(4)8-6-7-19-46-34/h9-18,20,25-27,34,37,40H,6-8,19,21-23H2,1-5H3/t25-,26-,27-,34+/m1/s1. The number of halogens is 1. The second kappa shape index (κ2) is 16.4. The Morgan fingerprint density at radius 2 is 1.65 bits per heavy atom. The van der Waals surface area contributed by atoms with Crippen LogP contribution in [0.4, 0.5) is 10.1 Å². The van der Waals surface area contributed by atoms with Crippen LogP contribution in [0.25, 0.3) is 0 Å². The number of hydrogen-bond donors (Lipinski definition) is 2. The summed E-state index contributed by atoms with van der Waals surface area (Å²) in [6, 6.07) is 14.7. The first-order valence-corrected chi connectivity index (χ1v) is 19.2. The molecule has 0 bridgehead atoms. The van der Waals surface area contributed by atoms with Crippen molar-refractivity contribution in [3.8, 4) is 5.75 Å². The maximum atomic E-state index is 14.4. The Morgan fingerprint density at radius 1 is 1.00 bits per heavy atom. The van der Waals surface area contributed by atoms with Gasteiger partial charge in [0.1, 0.15) is 11.6 Å². The van der Waals surface area contributed by atoms with E-state index in [9.17, 15) is 31.1 Å². The maximum Gasteiger partial charge on any atom is 0.261 e. The number of carbonyl (C=O) groups is 1. The van der Waals surface area contributed by atoms with E-state index in [0.29, 0.717) is 19.4 Å². The van der Waals surface area contributed by atoms with Crippen molar-refractivity contribution in [3.63, 3.8) is 0 Å². The molecule has 3 aromatic carbocycles. The second-order valence-electron chi connectivity index (χ2n) is 12.7. The van der Waals surface area contributed by atoms with Crippen LogP contribution in [0.15, 0.2) is 76.5 Å². The SMILES string of the molecule is Cc1ccc(S(=O)(=O)N(C)C[C@@H]2OCCCC[C@@H](C)Oc3ccc(NS(=O)(=O)c4ccc(F)cc4)cc3C(=O)N([C@H](C)CO)C[C@H]2C)cc1. The highest BCUT2D eigenvalue weighted by Gasteiger charge is 2.32. The van der Waals surface area contributed by atoms with Crippen molar-refractivity contribution in [3.05, 3.63) is 83.7 Å². The van der Waals surface area contributed by atoms with Gasteiger partial charge in [0, 0.05) is 38.3 Å². The molecule has 1 aliphatic heterocycles. The van der Waals surface area contributed by atoms with Gasteiger partial charge in [0.15, 0.2) is 0 Å². The zero-order valence-corrected chi connectivity index (χ0v) is 30.1. The van der Waals surface area contributed by atoms with Crippen LogP contribution in [0.2, 0.25) is 0 Å². The minimum Gasteiger partial charge on any atom is -0.490 e. The summed E-state index contributed by atoms with van der Waals surface area (Å²) in [4.78, 5) is 15.8. The molecule has 0 spiro atoms. The zero-order valence-electron chi connectivity index (χ0n) is 28.5. The molecule has 0 aromatic heterocycles. The minimum absolute atomic E-state index is 0.0261. The third-order valence-corrected chi connectivity index (χ3v) is 11.8. The van der Waals surface area contributed by atoms with Gasteiger partial charge < -0.3 is 19.5 Å². The Labute approximate surface area is 289 Å². The fourth-order valence-corrected chi connectivity index (χ4v) is 7.75. The van der Waals surface area contributed by atoms with Crippen molar-refractivity contribution in [2.75, 3.05) is 38.1 Å².